The van der Waals surface area contributed by atoms with E-state index in [4.69, 9.17) is 4.74 Å². The van der Waals surface area contributed by atoms with Crippen LogP contribution in [0.4, 0.5) is 0 Å². The van der Waals surface area contributed by atoms with Crippen LogP contribution in [0.15, 0.2) is 18.3 Å². The summed E-state index contributed by atoms with van der Waals surface area (Å²) in [5.74, 6) is 0.893. The van der Waals surface area contributed by atoms with Crippen molar-refractivity contribution in [3.05, 3.63) is 29.6 Å². The summed E-state index contributed by atoms with van der Waals surface area (Å²) in [4.78, 5) is 12.4. The second-order valence-electron chi connectivity index (χ2n) is 5.37. The molecule has 0 saturated heterocycles. The molecule has 1 amide bonds. The molecule has 2 aromatic heterocycles. The molecule has 0 radical (unpaired) electrons. The first-order valence-electron chi connectivity index (χ1n) is 7.86. The van der Waals surface area contributed by atoms with Gasteiger partial charge < -0.3 is 10.1 Å². The topological polar surface area (TPSA) is 81.9 Å². The molecule has 0 bridgehead atoms. The normalized spacial score (nSPS) is 12.0. The number of amides is 1. The smallest absolute Gasteiger partial charge is 0.254 e. The average Bonchev–Trinajstić information content (AvgIpc) is 2.99. The Hall–Kier alpha value is -2.44. The summed E-state index contributed by atoms with van der Waals surface area (Å²) in [6.45, 7) is 6.09. The van der Waals surface area contributed by atoms with Crippen molar-refractivity contribution in [1.82, 2.24) is 25.3 Å². The van der Waals surface area contributed by atoms with Gasteiger partial charge in [-0.1, -0.05) is 20.3 Å². The minimum absolute atomic E-state index is 0.101. The highest BCUT2D eigenvalue weighted by Gasteiger charge is 2.19. The number of nitrogens with zero attached hydrogens (tertiary/aromatic N) is 4. The third kappa shape index (κ3) is 3.85. The summed E-state index contributed by atoms with van der Waals surface area (Å²) >= 11 is 0. The van der Waals surface area contributed by atoms with Crippen LogP contribution in [0.2, 0.25) is 0 Å². The van der Waals surface area contributed by atoms with Gasteiger partial charge in [0.05, 0.1) is 24.6 Å². The van der Waals surface area contributed by atoms with E-state index in [1.165, 1.54) is 7.11 Å². The Morgan fingerprint density at radius 1 is 1.35 bits per heavy atom. The molecule has 0 aromatic carbocycles. The van der Waals surface area contributed by atoms with Crippen molar-refractivity contribution in [1.29, 1.82) is 0 Å². The van der Waals surface area contributed by atoms with E-state index in [9.17, 15) is 4.79 Å². The van der Waals surface area contributed by atoms with Gasteiger partial charge in [0.25, 0.3) is 5.91 Å². The zero-order chi connectivity index (χ0) is 16.8. The Labute approximate surface area is 136 Å². The maximum atomic E-state index is 12.4. The van der Waals surface area contributed by atoms with Crippen LogP contribution in [0.25, 0.3) is 5.82 Å². The molecule has 7 nitrogen and oxygen atoms in total. The maximum absolute atomic E-state index is 12.4. The first kappa shape index (κ1) is 16.9. The molecule has 2 rings (SSSR count). The Kier molecular flexibility index (Phi) is 5.67. The Morgan fingerprint density at radius 3 is 2.70 bits per heavy atom. The van der Waals surface area contributed by atoms with Gasteiger partial charge in [-0.25, -0.2) is 4.68 Å². The summed E-state index contributed by atoms with van der Waals surface area (Å²) in [6.07, 6.45) is 4.23. The molecule has 1 atom stereocenters. The highest BCUT2D eigenvalue weighted by molar-refractivity contribution is 5.95. The molecule has 0 saturated carbocycles. The lowest BCUT2D eigenvalue weighted by Gasteiger charge is -2.13. The third-order valence-electron chi connectivity index (χ3n) is 3.60. The number of hydrogen-bond acceptors (Lipinski definition) is 5. The summed E-state index contributed by atoms with van der Waals surface area (Å²) < 4.78 is 6.65. The Balaban J connectivity index is 2.26. The largest absolute Gasteiger partial charge is 0.480 e. The first-order valence-corrected chi connectivity index (χ1v) is 7.86. The zero-order valence-corrected chi connectivity index (χ0v) is 14.0. The van der Waals surface area contributed by atoms with E-state index in [2.05, 4.69) is 27.5 Å². The average molecular weight is 317 g/mol. The monoisotopic (exact) mass is 317 g/mol. The second kappa shape index (κ2) is 7.71. The molecule has 0 aliphatic heterocycles. The molecule has 1 unspecified atom stereocenters. The third-order valence-corrected chi connectivity index (χ3v) is 3.60. The van der Waals surface area contributed by atoms with Crippen molar-refractivity contribution >= 4 is 5.91 Å². The van der Waals surface area contributed by atoms with Crippen LogP contribution >= 0.6 is 0 Å². The predicted molar refractivity (Wildman–Crippen MR) is 86.9 cm³/mol. The molecular weight excluding hydrogens is 294 g/mol. The van der Waals surface area contributed by atoms with Crippen molar-refractivity contribution in [2.75, 3.05) is 7.11 Å². The van der Waals surface area contributed by atoms with Crippen LogP contribution in [0.3, 0.4) is 0 Å². The van der Waals surface area contributed by atoms with Crippen LogP contribution in [-0.2, 0) is 6.42 Å². The number of methoxy groups -OCH3 is 1. The predicted octanol–water partition coefficient (Wildman–Crippen LogP) is 2.15. The van der Waals surface area contributed by atoms with Crippen molar-refractivity contribution in [2.24, 2.45) is 0 Å². The number of carbonyl (C=O) groups is 1. The van der Waals surface area contributed by atoms with Crippen molar-refractivity contribution in [2.45, 2.75) is 46.1 Å². The van der Waals surface area contributed by atoms with Crippen LogP contribution in [-0.4, -0.2) is 39.0 Å². The summed E-state index contributed by atoms with van der Waals surface area (Å²) in [7, 11) is 1.54. The van der Waals surface area contributed by atoms with Crippen molar-refractivity contribution in [3.8, 4) is 11.7 Å². The molecule has 0 aliphatic carbocycles. The van der Waals surface area contributed by atoms with E-state index >= 15 is 0 Å². The zero-order valence-electron chi connectivity index (χ0n) is 14.0. The molecule has 0 spiro atoms. The lowest BCUT2D eigenvalue weighted by Crippen LogP contribution is -2.32. The van der Waals surface area contributed by atoms with Gasteiger partial charge in [0.1, 0.15) is 0 Å². The van der Waals surface area contributed by atoms with Gasteiger partial charge in [0.15, 0.2) is 5.82 Å². The number of aromatic nitrogens is 4. The van der Waals surface area contributed by atoms with E-state index in [0.717, 1.165) is 18.5 Å². The molecule has 23 heavy (non-hydrogen) atoms. The Bertz CT molecular complexity index is 651. The van der Waals surface area contributed by atoms with Gasteiger partial charge in [0.2, 0.25) is 5.88 Å². The van der Waals surface area contributed by atoms with Crippen molar-refractivity contribution in [3.63, 3.8) is 0 Å². The van der Waals surface area contributed by atoms with Crippen LogP contribution in [0.5, 0.6) is 5.88 Å². The van der Waals surface area contributed by atoms with Gasteiger partial charge in [-0.3, -0.25) is 4.79 Å². The fourth-order valence-electron chi connectivity index (χ4n) is 2.44. The molecule has 0 fully saturated rings. The molecule has 7 heteroatoms. The SMILES string of the molecule is CCCC(C)NC(=O)c1cnn(-c2ccc(OC)nn2)c1CC. The van der Waals surface area contributed by atoms with E-state index in [0.29, 0.717) is 23.7 Å². The van der Waals surface area contributed by atoms with E-state index in [-0.39, 0.29) is 11.9 Å². The van der Waals surface area contributed by atoms with Crippen LogP contribution in [0, 0.1) is 0 Å². The molecule has 0 aliphatic rings. The lowest BCUT2D eigenvalue weighted by molar-refractivity contribution is 0.0937. The number of rotatable bonds is 7. The fraction of sp³-hybridized carbons (Fsp3) is 0.500. The second-order valence-corrected chi connectivity index (χ2v) is 5.37. The number of hydrogen-bond donors (Lipinski definition) is 1. The number of ether oxygens (including phenoxy) is 1. The van der Waals surface area contributed by atoms with Gasteiger partial charge in [0, 0.05) is 12.1 Å². The maximum Gasteiger partial charge on any atom is 0.254 e. The van der Waals surface area contributed by atoms with E-state index in [1.807, 2.05) is 13.8 Å². The molecular formula is C16H23N5O2. The van der Waals surface area contributed by atoms with E-state index < -0.39 is 0 Å². The molecule has 2 heterocycles. The van der Waals surface area contributed by atoms with Gasteiger partial charge in [-0.05, 0) is 25.8 Å². The fourth-order valence-corrected chi connectivity index (χ4v) is 2.44. The van der Waals surface area contributed by atoms with Crippen molar-refractivity contribution < 1.29 is 9.53 Å². The standard InChI is InChI=1S/C16H23N5O2/c1-5-7-11(3)18-16(22)12-10-17-21(13(12)6-2)14-8-9-15(23-4)20-19-14/h8-11H,5-7H2,1-4H3,(H,18,22). The van der Waals surface area contributed by atoms with Gasteiger partial charge >= 0.3 is 0 Å². The molecule has 124 valence electrons. The summed E-state index contributed by atoms with van der Waals surface area (Å²) in [5, 5.41) is 15.3. The van der Waals surface area contributed by atoms with E-state index in [1.54, 1.807) is 23.0 Å². The number of nitrogens with one attached hydrogen (secondary N) is 1. The minimum Gasteiger partial charge on any atom is -0.480 e. The molecule has 1 N–H and O–H groups in total. The van der Waals surface area contributed by atoms with Crippen LogP contribution in [0.1, 0.15) is 49.7 Å². The lowest BCUT2D eigenvalue weighted by atomic mass is 10.1. The Morgan fingerprint density at radius 2 is 2.13 bits per heavy atom. The molecule has 2 aromatic rings. The first-order chi connectivity index (χ1) is 11.1. The van der Waals surface area contributed by atoms with Crippen LogP contribution < -0.4 is 10.1 Å². The minimum atomic E-state index is -0.101. The quantitative estimate of drug-likeness (QED) is 0.846. The summed E-state index contributed by atoms with van der Waals surface area (Å²) in [5.41, 5.74) is 1.39. The highest BCUT2D eigenvalue weighted by atomic mass is 16.5. The van der Waals surface area contributed by atoms with Gasteiger partial charge in [-0.2, -0.15) is 5.10 Å². The number of carbonyl (C=O) groups excluding carboxylic acids is 1. The van der Waals surface area contributed by atoms with Gasteiger partial charge in [-0.15, -0.1) is 10.2 Å². The summed E-state index contributed by atoms with van der Waals surface area (Å²) in [6, 6.07) is 3.62. The highest BCUT2D eigenvalue weighted by Crippen LogP contribution is 2.15.